The molecule has 0 bridgehead atoms. The summed E-state index contributed by atoms with van der Waals surface area (Å²) < 4.78 is 5.05. The van der Waals surface area contributed by atoms with Crippen LogP contribution >= 0.6 is 0 Å². The van der Waals surface area contributed by atoms with Crippen molar-refractivity contribution in [3.63, 3.8) is 0 Å². The highest BCUT2D eigenvalue weighted by molar-refractivity contribution is 6.31. The third kappa shape index (κ3) is 6.48. The second-order valence-electron chi connectivity index (χ2n) is 9.31. The molecule has 6 nitrogen and oxygen atoms in total. The van der Waals surface area contributed by atoms with Gasteiger partial charge in [0.15, 0.2) is 5.78 Å². The van der Waals surface area contributed by atoms with Gasteiger partial charge in [0.1, 0.15) is 18.3 Å². The second-order valence-corrected chi connectivity index (χ2v) is 9.31. The monoisotopic (exact) mass is 492 g/mol. The number of benzene rings is 2. The fourth-order valence-corrected chi connectivity index (χ4v) is 4.61. The molecule has 2 aromatic rings. The van der Waals surface area contributed by atoms with Gasteiger partial charge in [0.25, 0.3) is 0 Å². The molecule has 6 heteroatoms. The number of aliphatic hydroxyl groups excluding tert-OH is 1. The van der Waals surface area contributed by atoms with Gasteiger partial charge < -0.3 is 19.6 Å². The molecule has 0 radical (unpaired) electrons. The van der Waals surface area contributed by atoms with Crippen molar-refractivity contribution in [3.05, 3.63) is 65.4 Å². The highest BCUT2D eigenvalue weighted by atomic mass is 16.5. The summed E-state index contributed by atoms with van der Waals surface area (Å²) in [5, 5.41) is 10.8. The molecular formula is C30H40N2O4. The van der Waals surface area contributed by atoms with Crippen molar-refractivity contribution in [1.29, 1.82) is 0 Å². The third-order valence-electron chi connectivity index (χ3n) is 6.76. The molecule has 0 spiro atoms. The molecule has 0 aromatic heterocycles. The first-order valence-electron chi connectivity index (χ1n) is 13.2. The van der Waals surface area contributed by atoms with E-state index in [0.29, 0.717) is 18.7 Å². The molecule has 2 aromatic carbocycles. The zero-order valence-corrected chi connectivity index (χ0v) is 22.1. The van der Waals surface area contributed by atoms with Gasteiger partial charge in [0.2, 0.25) is 0 Å². The van der Waals surface area contributed by atoms with E-state index >= 15 is 0 Å². The topological polar surface area (TPSA) is 70.1 Å². The molecule has 0 fully saturated rings. The predicted molar refractivity (Wildman–Crippen MR) is 147 cm³/mol. The lowest BCUT2D eigenvalue weighted by atomic mass is 9.75. The van der Waals surface area contributed by atoms with Crippen molar-refractivity contribution in [2.75, 3.05) is 42.6 Å². The third-order valence-corrected chi connectivity index (χ3v) is 6.76. The lowest BCUT2D eigenvalue weighted by molar-refractivity contribution is -0.140. The largest absolute Gasteiger partial charge is 0.510 e. The molecule has 1 atom stereocenters. The van der Waals surface area contributed by atoms with Gasteiger partial charge in [-0.05, 0) is 55.2 Å². The number of esters is 1. The number of carbonyl (C=O) groups excluding carboxylic acids is 2. The van der Waals surface area contributed by atoms with E-state index in [1.54, 1.807) is 0 Å². The number of anilines is 2. The molecule has 1 aliphatic carbocycles. The molecule has 1 N–H and O–H groups in total. The lowest BCUT2D eigenvalue weighted by Crippen LogP contribution is -2.29. The Labute approximate surface area is 215 Å². The molecule has 3 rings (SSSR count). The summed E-state index contributed by atoms with van der Waals surface area (Å²) in [5.74, 6) is -0.820. The van der Waals surface area contributed by atoms with E-state index in [1.165, 1.54) is 6.92 Å². The van der Waals surface area contributed by atoms with Crippen LogP contribution in [0.2, 0.25) is 0 Å². The maximum absolute atomic E-state index is 13.1. The summed E-state index contributed by atoms with van der Waals surface area (Å²) in [6.45, 7) is 11.6. The van der Waals surface area contributed by atoms with Gasteiger partial charge in [-0.2, -0.15) is 0 Å². The van der Waals surface area contributed by atoms with E-state index < -0.39 is 5.92 Å². The quantitative estimate of drug-likeness (QED) is 0.321. The van der Waals surface area contributed by atoms with Crippen molar-refractivity contribution < 1.29 is 19.4 Å². The van der Waals surface area contributed by atoms with Crippen LogP contribution < -0.4 is 9.80 Å². The zero-order valence-electron chi connectivity index (χ0n) is 22.1. The molecule has 0 saturated heterocycles. The highest BCUT2D eigenvalue weighted by Gasteiger charge is 2.41. The minimum atomic E-state index is -0.615. The number of ether oxygens (including phenoxy) is 1. The minimum absolute atomic E-state index is 0.0518. The number of likely N-dealkylation sites (N-methyl/N-ethyl adjacent to an activating group) is 1. The van der Waals surface area contributed by atoms with Gasteiger partial charge >= 0.3 is 5.97 Å². The van der Waals surface area contributed by atoms with Gasteiger partial charge in [-0.25, -0.2) is 0 Å². The number of Topliss-reactive ketones (excluding diaryl/α,β-unsaturated/α-hetero) is 1. The Hall–Kier alpha value is -3.28. The van der Waals surface area contributed by atoms with E-state index in [4.69, 9.17) is 4.74 Å². The van der Waals surface area contributed by atoms with E-state index in [-0.39, 0.29) is 17.5 Å². The van der Waals surface area contributed by atoms with Crippen LogP contribution in [0.15, 0.2) is 54.3 Å². The van der Waals surface area contributed by atoms with Crippen molar-refractivity contribution >= 4 is 28.7 Å². The Morgan fingerprint density at radius 1 is 0.861 bits per heavy atom. The number of carbonyl (C=O) groups is 2. The highest BCUT2D eigenvalue weighted by Crippen LogP contribution is 2.43. The number of hydrogen-bond acceptors (Lipinski definition) is 6. The molecule has 36 heavy (non-hydrogen) atoms. The summed E-state index contributed by atoms with van der Waals surface area (Å²) in [6, 6.07) is 15.7. The smallest absolute Gasteiger partial charge is 0.302 e. The molecule has 1 unspecified atom stereocenters. The standard InChI is InChI=1S/C30H40N2O4/c1-5-8-18-32(19-9-6-2)26-16-12-24(13-17-26)28-29(34)27(30(28)35)23-10-14-25(15-11-23)31(7-3)20-21-36-22(4)33/h10-17,27,34H,5-9,18-21H2,1-4H3. The van der Waals surface area contributed by atoms with E-state index in [1.807, 2.05) is 43.3 Å². The number of hydrogen-bond donors (Lipinski definition) is 1. The first-order chi connectivity index (χ1) is 17.4. The van der Waals surface area contributed by atoms with Gasteiger partial charge in [-0.15, -0.1) is 0 Å². The van der Waals surface area contributed by atoms with Gasteiger partial charge in [0.05, 0.1) is 12.1 Å². The summed E-state index contributed by atoms with van der Waals surface area (Å²) in [6.07, 6.45) is 4.61. The zero-order chi connectivity index (χ0) is 26.1. The van der Waals surface area contributed by atoms with Crippen molar-refractivity contribution in [2.24, 2.45) is 0 Å². The second kappa shape index (κ2) is 13.1. The Bertz CT molecular complexity index is 1040. The first kappa shape index (κ1) is 27.3. The normalized spacial score (nSPS) is 15.0. The lowest BCUT2D eigenvalue weighted by Gasteiger charge is -2.30. The maximum Gasteiger partial charge on any atom is 0.302 e. The van der Waals surface area contributed by atoms with Crippen LogP contribution in [0, 0.1) is 0 Å². The SMILES string of the molecule is CCCCN(CCCC)c1ccc(C2=C(O)C(c3ccc(N(CC)CCOC(C)=O)cc3)C2=O)cc1. The van der Waals surface area contributed by atoms with Crippen LogP contribution in [0.1, 0.15) is 70.4 Å². The average Bonchev–Trinajstić information content (AvgIpc) is 2.88. The number of rotatable bonds is 14. The number of nitrogens with zero attached hydrogens (tertiary/aromatic N) is 2. The van der Waals surface area contributed by atoms with Crippen LogP contribution in [0.4, 0.5) is 11.4 Å². The van der Waals surface area contributed by atoms with Crippen LogP contribution in [-0.2, 0) is 14.3 Å². The van der Waals surface area contributed by atoms with E-state index in [2.05, 4.69) is 35.8 Å². The Morgan fingerprint density at radius 2 is 1.42 bits per heavy atom. The number of aliphatic hydroxyl groups is 1. The number of ketones is 1. The molecule has 0 amide bonds. The molecule has 0 heterocycles. The van der Waals surface area contributed by atoms with E-state index in [9.17, 15) is 14.7 Å². The first-order valence-corrected chi connectivity index (χ1v) is 13.2. The summed E-state index contributed by atoms with van der Waals surface area (Å²) in [7, 11) is 0. The maximum atomic E-state index is 13.1. The summed E-state index contributed by atoms with van der Waals surface area (Å²) in [5.41, 5.74) is 4.11. The summed E-state index contributed by atoms with van der Waals surface area (Å²) >= 11 is 0. The van der Waals surface area contributed by atoms with Crippen LogP contribution in [0.25, 0.3) is 5.57 Å². The Balaban J connectivity index is 1.71. The van der Waals surface area contributed by atoms with Crippen LogP contribution in [-0.4, -0.2) is 49.6 Å². The van der Waals surface area contributed by atoms with Gasteiger partial charge in [-0.1, -0.05) is 51.0 Å². The molecule has 0 saturated carbocycles. The van der Waals surface area contributed by atoms with Crippen LogP contribution in [0.3, 0.4) is 0 Å². The van der Waals surface area contributed by atoms with E-state index in [0.717, 1.165) is 67.8 Å². The Morgan fingerprint density at radius 3 is 1.92 bits per heavy atom. The van der Waals surface area contributed by atoms with Crippen LogP contribution in [0.5, 0.6) is 0 Å². The minimum Gasteiger partial charge on any atom is -0.510 e. The molecule has 194 valence electrons. The van der Waals surface area contributed by atoms with Gasteiger partial charge in [0, 0.05) is 37.9 Å². The molecule has 1 aliphatic rings. The fraction of sp³-hybridized carbons (Fsp3) is 0.467. The van der Waals surface area contributed by atoms with Gasteiger partial charge in [-0.3, -0.25) is 9.59 Å². The number of unbranched alkanes of at least 4 members (excludes halogenated alkanes) is 2. The molecular weight excluding hydrogens is 452 g/mol. The van der Waals surface area contributed by atoms with Crippen molar-refractivity contribution in [2.45, 2.75) is 59.3 Å². The predicted octanol–water partition coefficient (Wildman–Crippen LogP) is 6.12. The average molecular weight is 493 g/mol. The fourth-order valence-electron chi connectivity index (χ4n) is 4.61. The molecule has 0 aliphatic heterocycles. The van der Waals surface area contributed by atoms with Crippen molar-refractivity contribution in [3.8, 4) is 0 Å². The Kier molecular flexibility index (Phi) is 9.97. The number of allylic oxidation sites excluding steroid dienone is 2. The van der Waals surface area contributed by atoms with Crippen molar-refractivity contribution in [1.82, 2.24) is 0 Å². The summed E-state index contributed by atoms with van der Waals surface area (Å²) in [4.78, 5) is 28.6.